The first-order valence-electron chi connectivity index (χ1n) is 8.71. The number of aryl methyl sites for hydroxylation is 1. The van der Waals surface area contributed by atoms with E-state index in [4.69, 9.17) is 19.9 Å². The average molecular weight is 335 g/mol. The highest BCUT2D eigenvalue weighted by Gasteiger charge is 2.27. The van der Waals surface area contributed by atoms with Crippen LogP contribution in [0.3, 0.4) is 0 Å². The molecule has 1 aromatic carbocycles. The highest BCUT2D eigenvalue weighted by molar-refractivity contribution is 5.75. The summed E-state index contributed by atoms with van der Waals surface area (Å²) in [5.41, 5.74) is 6.94. The SMILES string of the molecule is CC1CC(OCC2CC2)COC[C@H](N)C(=O)O1.Cc1ccccc1. The lowest BCUT2D eigenvalue weighted by atomic mass is 10.2. The minimum atomic E-state index is -0.681. The number of hydrogen-bond acceptors (Lipinski definition) is 5. The molecule has 3 atom stereocenters. The predicted molar refractivity (Wildman–Crippen MR) is 92.6 cm³/mol. The molecule has 3 rings (SSSR count). The first-order chi connectivity index (χ1) is 11.5. The summed E-state index contributed by atoms with van der Waals surface area (Å²) in [6.45, 7) is 5.43. The molecule has 5 heteroatoms. The molecule has 1 saturated carbocycles. The van der Waals surface area contributed by atoms with E-state index in [-0.39, 0.29) is 24.8 Å². The number of benzene rings is 1. The van der Waals surface area contributed by atoms with Gasteiger partial charge in [-0.1, -0.05) is 35.9 Å². The Kier molecular flexibility index (Phi) is 7.69. The van der Waals surface area contributed by atoms with Crippen molar-refractivity contribution in [1.82, 2.24) is 0 Å². The van der Waals surface area contributed by atoms with Crippen LogP contribution in [0.4, 0.5) is 0 Å². The summed E-state index contributed by atoms with van der Waals surface area (Å²) in [7, 11) is 0. The molecule has 2 N–H and O–H groups in total. The Labute approximate surface area is 144 Å². The summed E-state index contributed by atoms with van der Waals surface area (Å²) in [5, 5.41) is 0. The van der Waals surface area contributed by atoms with Gasteiger partial charge in [0, 0.05) is 13.0 Å². The van der Waals surface area contributed by atoms with E-state index >= 15 is 0 Å². The number of ether oxygens (including phenoxy) is 3. The molecule has 2 aliphatic rings. The molecule has 2 unspecified atom stereocenters. The molecule has 1 heterocycles. The third kappa shape index (κ3) is 7.43. The van der Waals surface area contributed by atoms with E-state index in [1.54, 1.807) is 0 Å². The van der Waals surface area contributed by atoms with Crippen molar-refractivity contribution in [3.05, 3.63) is 35.9 Å². The molecule has 0 radical (unpaired) electrons. The summed E-state index contributed by atoms with van der Waals surface area (Å²) in [4.78, 5) is 11.4. The van der Waals surface area contributed by atoms with Crippen molar-refractivity contribution in [1.29, 1.82) is 0 Å². The van der Waals surface area contributed by atoms with Crippen LogP contribution < -0.4 is 5.73 Å². The second kappa shape index (κ2) is 9.77. The quantitative estimate of drug-likeness (QED) is 0.859. The van der Waals surface area contributed by atoms with Gasteiger partial charge in [-0.05, 0) is 32.6 Å². The van der Waals surface area contributed by atoms with Crippen molar-refractivity contribution in [2.45, 2.75) is 51.4 Å². The van der Waals surface area contributed by atoms with E-state index < -0.39 is 6.04 Å². The topological polar surface area (TPSA) is 70.8 Å². The molecule has 1 aromatic rings. The van der Waals surface area contributed by atoms with Crippen molar-refractivity contribution >= 4 is 5.97 Å². The van der Waals surface area contributed by atoms with E-state index in [0.29, 0.717) is 13.0 Å². The molecule has 5 nitrogen and oxygen atoms in total. The fraction of sp³-hybridized carbons (Fsp3) is 0.632. The Balaban J connectivity index is 0.000000249. The minimum Gasteiger partial charge on any atom is -0.461 e. The van der Waals surface area contributed by atoms with Crippen LogP contribution >= 0.6 is 0 Å². The minimum absolute atomic E-state index is 0.00343. The molecular formula is C19H29NO4. The Morgan fingerprint density at radius 3 is 2.50 bits per heavy atom. The molecule has 0 aromatic heterocycles. The predicted octanol–water partition coefficient (Wildman–Crippen LogP) is 2.46. The molecule has 1 aliphatic heterocycles. The van der Waals surface area contributed by atoms with Crippen LogP contribution in [0.2, 0.25) is 0 Å². The summed E-state index contributed by atoms with van der Waals surface area (Å²) in [6.07, 6.45) is 3.04. The number of carbonyl (C=O) groups is 1. The number of rotatable bonds is 3. The normalized spacial score (nSPS) is 27.8. The second-order valence-electron chi connectivity index (χ2n) is 6.68. The van der Waals surface area contributed by atoms with Crippen molar-refractivity contribution in [2.75, 3.05) is 19.8 Å². The summed E-state index contributed by atoms with van der Waals surface area (Å²) < 4.78 is 16.4. The lowest BCUT2D eigenvalue weighted by molar-refractivity contribution is -0.151. The number of nitrogens with two attached hydrogens (primary N) is 1. The fourth-order valence-electron chi connectivity index (χ4n) is 2.37. The van der Waals surface area contributed by atoms with E-state index in [9.17, 15) is 4.79 Å². The number of hydrogen-bond donors (Lipinski definition) is 1. The van der Waals surface area contributed by atoms with Crippen LogP contribution in [0.5, 0.6) is 0 Å². The zero-order valence-electron chi connectivity index (χ0n) is 14.6. The number of esters is 1. The molecule has 2 fully saturated rings. The second-order valence-corrected chi connectivity index (χ2v) is 6.68. The first kappa shape index (κ1) is 18.9. The lowest BCUT2D eigenvalue weighted by Gasteiger charge is -2.19. The average Bonchev–Trinajstić information content (AvgIpc) is 3.36. The van der Waals surface area contributed by atoms with E-state index in [0.717, 1.165) is 12.5 Å². The van der Waals surface area contributed by atoms with Gasteiger partial charge in [0.2, 0.25) is 0 Å². The van der Waals surface area contributed by atoms with Gasteiger partial charge < -0.3 is 19.9 Å². The van der Waals surface area contributed by atoms with Crippen LogP contribution in [-0.2, 0) is 19.0 Å². The Morgan fingerprint density at radius 2 is 1.92 bits per heavy atom. The van der Waals surface area contributed by atoms with Gasteiger partial charge in [0.15, 0.2) is 0 Å². The van der Waals surface area contributed by atoms with Gasteiger partial charge in [-0.3, -0.25) is 4.79 Å². The maximum atomic E-state index is 11.4. The van der Waals surface area contributed by atoms with Crippen LogP contribution in [-0.4, -0.2) is 44.0 Å². The van der Waals surface area contributed by atoms with Gasteiger partial charge >= 0.3 is 5.97 Å². The van der Waals surface area contributed by atoms with E-state index in [1.165, 1.54) is 18.4 Å². The smallest absolute Gasteiger partial charge is 0.325 e. The lowest BCUT2D eigenvalue weighted by Crippen LogP contribution is -2.37. The van der Waals surface area contributed by atoms with Crippen LogP contribution in [0.1, 0.15) is 31.7 Å². The van der Waals surface area contributed by atoms with Crippen molar-refractivity contribution < 1.29 is 19.0 Å². The molecular weight excluding hydrogens is 306 g/mol. The molecule has 1 aliphatic carbocycles. The van der Waals surface area contributed by atoms with Crippen molar-refractivity contribution in [3.8, 4) is 0 Å². The van der Waals surface area contributed by atoms with E-state index in [2.05, 4.69) is 19.1 Å². The van der Waals surface area contributed by atoms with Crippen molar-refractivity contribution in [3.63, 3.8) is 0 Å². The maximum absolute atomic E-state index is 11.4. The molecule has 1 saturated heterocycles. The largest absolute Gasteiger partial charge is 0.461 e. The van der Waals surface area contributed by atoms with Gasteiger partial charge in [-0.25, -0.2) is 0 Å². The van der Waals surface area contributed by atoms with Crippen LogP contribution in [0.15, 0.2) is 30.3 Å². The fourth-order valence-corrected chi connectivity index (χ4v) is 2.37. The number of carbonyl (C=O) groups excluding carboxylic acids is 1. The van der Waals surface area contributed by atoms with Gasteiger partial charge in [-0.15, -0.1) is 0 Å². The molecule has 0 amide bonds. The summed E-state index contributed by atoms with van der Waals surface area (Å²) in [5.74, 6) is 0.336. The Bertz CT molecular complexity index is 489. The highest BCUT2D eigenvalue weighted by atomic mass is 16.6. The summed E-state index contributed by atoms with van der Waals surface area (Å²) in [6, 6.07) is 9.58. The van der Waals surface area contributed by atoms with Crippen LogP contribution in [0, 0.1) is 12.8 Å². The molecule has 134 valence electrons. The standard InChI is InChI=1S/C12H21NO4.C7H8/c1-8-4-10(16-5-9-2-3-9)6-15-7-11(13)12(14)17-8;1-7-5-3-2-4-6-7/h8-11H,2-7,13H2,1H3;2-6H,1H3/t8?,10?,11-;/m0./s1. The van der Waals surface area contributed by atoms with Gasteiger partial charge in [0.1, 0.15) is 12.1 Å². The molecule has 0 bridgehead atoms. The van der Waals surface area contributed by atoms with Crippen molar-refractivity contribution in [2.24, 2.45) is 11.7 Å². The highest BCUT2D eigenvalue weighted by Crippen LogP contribution is 2.29. The summed E-state index contributed by atoms with van der Waals surface area (Å²) >= 11 is 0. The Hall–Kier alpha value is -1.43. The van der Waals surface area contributed by atoms with E-state index in [1.807, 2.05) is 25.1 Å². The first-order valence-corrected chi connectivity index (χ1v) is 8.71. The number of cyclic esters (lactones) is 1. The van der Waals surface area contributed by atoms with Crippen LogP contribution in [0.25, 0.3) is 0 Å². The molecule has 24 heavy (non-hydrogen) atoms. The third-order valence-electron chi connectivity index (χ3n) is 4.02. The third-order valence-corrected chi connectivity index (χ3v) is 4.02. The Morgan fingerprint density at radius 1 is 1.21 bits per heavy atom. The van der Waals surface area contributed by atoms with Gasteiger partial charge in [0.05, 0.1) is 19.3 Å². The zero-order valence-corrected chi connectivity index (χ0v) is 14.6. The van der Waals surface area contributed by atoms with Gasteiger partial charge in [0.25, 0.3) is 0 Å². The zero-order chi connectivity index (χ0) is 17.4. The molecule has 0 spiro atoms. The maximum Gasteiger partial charge on any atom is 0.325 e. The van der Waals surface area contributed by atoms with Gasteiger partial charge in [-0.2, -0.15) is 0 Å². The monoisotopic (exact) mass is 335 g/mol.